The molecule has 0 spiro atoms. The molecule has 0 radical (unpaired) electrons. The Kier molecular flexibility index (Phi) is 6.70. The average Bonchev–Trinajstić information content (AvgIpc) is 3.49. The molecule has 8 nitrogen and oxygen atoms in total. The van der Waals surface area contributed by atoms with Gasteiger partial charge >= 0.3 is 6.03 Å². The average molecular weight is 499 g/mol. The van der Waals surface area contributed by atoms with E-state index in [1.54, 1.807) is 29.4 Å². The molecule has 1 aromatic heterocycles. The van der Waals surface area contributed by atoms with E-state index >= 15 is 0 Å². The van der Waals surface area contributed by atoms with Crippen LogP contribution in [0.3, 0.4) is 0 Å². The van der Waals surface area contributed by atoms with Crippen molar-refractivity contribution < 1.29 is 27.9 Å². The Morgan fingerprint density at radius 3 is 2.67 bits per heavy atom. The van der Waals surface area contributed by atoms with E-state index in [-0.39, 0.29) is 42.4 Å². The fraction of sp³-hybridized carbons (Fsp3) is 0.462. The predicted octanol–water partition coefficient (Wildman–Crippen LogP) is 2.77. The van der Waals surface area contributed by atoms with Gasteiger partial charge in [0.15, 0.2) is 5.54 Å². The van der Waals surface area contributed by atoms with Crippen LogP contribution < -0.4 is 5.32 Å². The van der Waals surface area contributed by atoms with Gasteiger partial charge in [-0.1, -0.05) is 6.07 Å². The number of hydrogen-bond acceptors (Lipinski definition) is 5. The second kappa shape index (κ2) is 9.93. The summed E-state index contributed by atoms with van der Waals surface area (Å²) >= 11 is 0. The standard InChI is InChI=1S/C26H28F2N4O4/c27-20-5-6-22(28)17(13-20)14-23(33)31-10-7-18(8-11-31)26(19-3-1-9-29-15-19)24(34)32(25(35)30-26)16-21-4-2-12-36-21/h1,3,5-6,9,13,15,18,21H,2,4,7-8,10-12,14,16H2,(H,30,35)/t21-,26+/m0/s1. The van der Waals surface area contributed by atoms with Gasteiger partial charge in [0.05, 0.1) is 19.1 Å². The van der Waals surface area contributed by atoms with Gasteiger partial charge in [0.25, 0.3) is 5.91 Å². The highest BCUT2D eigenvalue weighted by molar-refractivity contribution is 6.07. The number of piperidine rings is 1. The molecule has 3 saturated heterocycles. The SMILES string of the molecule is O=C(Cc1cc(F)ccc1F)N1CCC([C@]2(c3cccnc3)NC(=O)N(C[C@@H]3CCCO3)C2=O)CC1. The summed E-state index contributed by atoms with van der Waals surface area (Å²) in [5.74, 6) is -2.14. The highest BCUT2D eigenvalue weighted by atomic mass is 19.1. The number of rotatable bonds is 6. The van der Waals surface area contributed by atoms with Crippen molar-refractivity contribution in [3.05, 3.63) is 65.5 Å². The van der Waals surface area contributed by atoms with Crippen LogP contribution in [-0.2, 0) is 26.3 Å². The van der Waals surface area contributed by atoms with Gasteiger partial charge in [-0.3, -0.25) is 19.5 Å². The molecular formula is C26H28F2N4O4. The van der Waals surface area contributed by atoms with Crippen LogP contribution in [0.5, 0.6) is 0 Å². The fourth-order valence-corrected chi connectivity index (χ4v) is 5.57. The Bertz CT molecular complexity index is 1150. The third kappa shape index (κ3) is 4.45. The zero-order valence-corrected chi connectivity index (χ0v) is 19.8. The lowest BCUT2D eigenvalue weighted by Gasteiger charge is -2.41. The zero-order valence-electron chi connectivity index (χ0n) is 19.8. The van der Waals surface area contributed by atoms with E-state index in [1.807, 2.05) is 0 Å². The monoisotopic (exact) mass is 498 g/mol. The molecule has 0 unspecified atom stereocenters. The molecule has 2 aromatic rings. The molecule has 3 aliphatic heterocycles. The van der Waals surface area contributed by atoms with Crippen LogP contribution in [0.1, 0.15) is 36.8 Å². The predicted molar refractivity (Wildman–Crippen MR) is 124 cm³/mol. The minimum absolute atomic E-state index is 0.0111. The molecule has 1 aromatic carbocycles. The van der Waals surface area contributed by atoms with Gasteiger partial charge in [-0.15, -0.1) is 0 Å². The molecule has 0 bridgehead atoms. The second-order valence-corrected chi connectivity index (χ2v) is 9.60. The number of nitrogens with zero attached hydrogens (tertiary/aromatic N) is 3. The largest absolute Gasteiger partial charge is 0.376 e. The van der Waals surface area contributed by atoms with Crippen LogP contribution in [0.4, 0.5) is 13.6 Å². The Morgan fingerprint density at radius 1 is 1.17 bits per heavy atom. The Morgan fingerprint density at radius 2 is 1.97 bits per heavy atom. The molecule has 1 N–H and O–H groups in total. The van der Waals surface area contributed by atoms with E-state index in [0.29, 0.717) is 38.1 Å². The number of benzene rings is 1. The smallest absolute Gasteiger partial charge is 0.325 e. The topological polar surface area (TPSA) is 91.8 Å². The van der Waals surface area contributed by atoms with Crippen LogP contribution in [0.25, 0.3) is 0 Å². The number of carbonyl (C=O) groups is 3. The van der Waals surface area contributed by atoms with E-state index in [4.69, 9.17) is 4.74 Å². The Balaban J connectivity index is 1.33. The van der Waals surface area contributed by atoms with Crippen molar-refractivity contribution in [3.8, 4) is 0 Å². The van der Waals surface area contributed by atoms with Gasteiger partial charge in [-0.25, -0.2) is 13.6 Å². The summed E-state index contributed by atoms with van der Waals surface area (Å²) in [5, 5.41) is 2.97. The van der Waals surface area contributed by atoms with Gasteiger partial charge in [0, 0.05) is 43.2 Å². The maximum Gasteiger partial charge on any atom is 0.325 e. The maximum absolute atomic E-state index is 14.0. The number of imide groups is 1. The van der Waals surface area contributed by atoms with Crippen molar-refractivity contribution in [3.63, 3.8) is 0 Å². The summed E-state index contributed by atoms with van der Waals surface area (Å²) in [6.45, 7) is 1.48. The van der Waals surface area contributed by atoms with E-state index in [1.165, 1.54) is 4.90 Å². The van der Waals surface area contributed by atoms with Crippen molar-refractivity contribution in [2.75, 3.05) is 26.2 Å². The molecule has 190 valence electrons. The van der Waals surface area contributed by atoms with E-state index < -0.39 is 23.2 Å². The lowest BCUT2D eigenvalue weighted by Crippen LogP contribution is -2.54. The van der Waals surface area contributed by atoms with Crippen molar-refractivity contribution in [1.29, 1.82) is 0 Å². The van der Waals surface area contributed by atoms with Crippen molar-refractivity contribution >= 4 is 17.8 Å². The van der Waals surface area contributed by atoms with E-state index in [2.05, 4.69) is 10.3 Å². The number of ether oxygens (including phenoxy) is 1. The maximum atomic E-state index is 14.0. The van der Waals surface area contributed by atoms with E-state index in [0.717, 1.165) is 31.0 Å². The molecule has 3 aliphatic rings. The number of halogens is 2. The van der Waals surface area contributed by atoms with Crippen LogP contribution >= 0.6 is 0 Å². The first-order valence-corrected chi connectivity index (χ1v) is 12.3. The van der Waals surface area contributed by atoms with Crippen LogP contribution in [0, 0.1) is 17.6 Å². The molecule has 4 heterocycles. The number of carbonyl (C=O) groups excluding carboxylic acids is 3. The van der Waals surface area contributed by atoms with Crippen molar-refractivity contribution in [1.82, 2.24) is 20.1 Å². The number of likely N-dealkylation sites (tertiary alicyclic amines) is 1. The molecule has 2 atom stereocenters. The van der Waals surface area contributed by atoms with Gasteiger partial charge in [-0.05, 0) is 55.9 Å². The summed E-state index contributed by atoms with van der Waals surface area (Å²) in [7, 11) is 0. The van der Waals surface area contributed by atoms with Crippen LogP contribution in [0.2, 0.25) is 0 Å². The van der Waals surface area contributed by atoms with Crippen molar-refractivity contribution in [2.24, 2.45) is 5.92 Å². The number of hydrogen-bond donors (Lipinski definition) is 1. The Labute approximate surface area is 207 Å². The second-order valence-electron chi connectivity index (χ2n) is 9.60. The number of pyridine rings is 1. The number of amides is 4. The van der Waals surface area contributed by atoms with E-state index in [9.17, 15) is 23.2 Å². The highest BCUT2D eigenvalue weighted by Gasteiger charge is 2.57. The molecule has 0 saturated carbocycles. The molecule has 4 amide bonds. The van der Waals surface area contributed by atoms with Gasteiger partial charge in [-0.2, -0.15) is 0 Å². The summed E-state index contributed by atoms with van der Waals surface area (Å²) in [6.07, 6.45) is 5.38. The first kappa shape index (κ1) is 24.3. The molecule has 3 fully saturated rings. The third-order valence-electron chi connectivity index (χ3n) is 7.47. The molecular weight excluding hydrogens is 470 g/mol. The van der Waals surface area contributed by atoms with Crippen LogP contribution in [0.15, 0.2) is 42.7 Å². The summed E-state index contributed by atoms with van der Waals surface area (Å²) in [5.41, 5.74) is -0.671. The number of nitrogens with one attached hydrogen (secondary N) is 1. The normalized spacial score (nSPS) is 24.9. The summed E-state index contributed by atoms with van der Waals surface area (Å²) in [6, 6.07) is 6.11. The lowest BCUT2D eigenvalue weighted by atomic mass is 9.73. The summed E-state index contributed by atoms with van der Waals surface area (Å²) < 4.78 is 33.2. The van der Waals surface area contributed by atoms with Crippen LogP contribution in [-0.4, -0.2) is 65.0 Å². The highest BCUT2D eigenvalue weighted by Crippen LogP contribution is 2.41. The third-order valence-corrected chi connectivity index (χ3v) is 7.47. The minimum atomic E-state index is -1.28. The first-order valence-electron chi connectivity index (χ1n) is 12.3. The van der Waals surface area contributed by atoms with Crippen molar-refractivity contribution in [2.45, 2.75) is 43.7 Å². The Hall–Kier alpha value is -3.40. The van der Waals surface area contributed by atoms with Gasteiger partial charge < -0.3 is 15.0 Å². The number of aromatic nitrogens is 1. The summed E-state index contributed by atoms with van der Waals surface area (Å²) in [4.78, 5) is 46.7. The van der Waals surface area contributed by atoms with Gasteiger partial charge in [0.2, 0.25) is 5.91 Å². The molecule has 10 heteroatoms. The first-order chi connectivity index (χ1) is 17.4. The fourth-order valence-electron chi connectivity index (χ4n) is 5.57. The quantitative estimate of drug-likeness (QED) is 0.619. The molecule has 5 rings (SSSR count). The zero-order chi connectivity index (χ0) is 25.3. The minimum Gasteiger partial charge on any atom is -0.376 e. The number of urea groups is 1. The molecule has 0 aliphatic carbocycles. The lowest BCUT2D eigenvalue weighted by molar-refractivity contribution is -0.137. The van der Waals surface area contributed by atoms with Gasteiger partial charge in [0.1, 0.15) is 11.6 Å². The molecule has 36 heavy (non-hydrogen) atoms.